The second-order valence-electron chi connectivity index (χ2n) is 3.27. The molecule has 0 aromatic heterocycles. The molecule has 0 saturated heterocycles. The molecule has 0 fully saturated rings. The van der Waals surface area contributed by atoms with Gasteiger partial charge < -0.3 is 5.32 Å². The Bertz CT molecular complexity index is 353. The molecule has 0 aliphatic heterocycles. The summed E-state index contributed by atoms with van der Waals surface area (Å²) in [6, 6.07) is 4.41. The van der Waals surface area contributed by atoms with E-state index in [-0.39, 0.29) is 17.9 Å². The lowest BCUT2D eigenvalue weighted by molar-refractivity contribution is -0.120. The van der Waals surface area contributed by atoms with Crippen LogP contribution >= 0.6 is 34.2 Å². The van der Waals surface area contributed by atoms with E-state index in [2.05, 4.69) is 27.9 Å². The minimum absolute atomic E-state index is 0.00719. The molecule has 0 atom stereocenters. The smallest absolute Gasteiger partial charge is 0.224 e. The molecule has 1 aromatic carbocycles. The molecule has 1 amide bonds. The molecule has 0 bridgehead atoms. The predicted molar refractivity (Wildman–Crippen MR) is 71.6 cm³/mol. The fraction of sp³-hybridized carbons (Fsp3) is 0.364. The molecular formula is C11H12ClFINO. The lowest BCUT2D eigenvalue weighted by Gasteiger charge is -2.06. The molecular weight excluding hydrogens is 343 g/mol. The van der Waals surface area contributed by atoms with E-state index in [9.17, 15) is 9.18 Å². The number of carbonyl (C=O) groups excluding carboxylic acids is 1. The Balaban J connectivity index is 2.56. The molecule has 0 spiro atoms. The number of hydrogen-bond donors (Lipinski definition) is 1. The van der Waals surface area contributed by atoms with Crippen molar-refractivity contribution in [3.63, 3.8) is 0 Å². The average molecular weight is 356 g/mol. The van der Waals surface area contributed by atoms with Gasteiger partial charge in [-0.1, -0.05) is 40.3 Å². The van der Waals surface area contributed by atoms with Gasteiger partial charge in [0, 0.05) is 21.6 Å². The number of halogens is 3. The SMILES string of the molecule is O=C(Cc1c(F)cccc1Cl)NCCCI. The van der Waals surface area contributed by atoms with Crippen molar-refractivity contribution in [2.24, 2.45) is 0 Å². The summed E-state index contributed by atoms with van der Waals surface area (Å²) in [4.78, 5) is 11.5. The van der Waals surface area contributed by atoms with Crippen molar-refractivity contribution in [2.75, 3.05) is 11.0 Å². The van der Waals surface area contributed by atoms with Crippen molar-refractivity contribution in [2.45, 2.75) is 12.8 Å². The topological polar surface area (TPSA) is 29.1 Å². The van der Waals surface area contributed by atoms with Crippen LogP contribution in [-0.4, -0.2) is 16.9 Å². The Morgan fingerprint density at radius 2 is 2.25 bits per heavy atom. The Morgan fingerprint density at radius 3 is 2.88 bits per heavy atom. The lowest BCUT2D eigenvalue weighted by atomic mass is 10.1. The van der Waals surface area contributed by atoms with E-state index in [1.807, 2.05) is 0 Å². The normalized spacial score (nSPS) is 10.2. The summed E-state index contributed by atoms with van der Waals surface area (Å²) in [5, 5.41) is 3.01. The standard InChI is InChI=1S/C11H12ClFINO/c12-9-3-1-4-10(13)8(9)7-11(16)15-6-2-5-14/h1,3-4H,2,5-7H2,(H,15,16). The van der Waals surface area contributed by atoms with Crippen LogP contribution in [0.5, 0.6) is 0 Å². The molecule has 1 aromatic rings. The molecule has 0 radical (unpaired) electrons. The molecule has 16 heavy (non-hydrogen) atoms. The largest absolute Gasteiger partial charge is 0.356 e. The van der Waals surface area contributed by atoms with Crippen molar-refractivity contribution >= 4 is 40.1 Å². The zero-order valence-electron chi connectivity index (χ0n) is 8.60. The highest BCUT2D eigenvalue weighted by atomic mass is 127. The fourth-order valence-corrected chi connectivity index (χ4v) is 1.83. The summed E-state index contributed by atoms with van der Waals surface area (Å²) in [6.07, 6.45) is 0.907. The van der Waals surface area contributed by atoms with Gasteiger partial charge in [0.2, 0.25) is 5.91 Å². The van der Waals surface area contributed by atoms with Crippen LogP contribution in [0.4, 0.5) is 4.39 Å². The van der Waals surface area contributed by atoms with Gasteiger partial charge in [-0.15, -0.1) is 0 Å². The second kappa shape index (κ2) is 7.06. The Kier molecular flexibility index (Phi) is 6.05. The van der Waals surface area contributed by atoms with E-state index in [0.29, 0.717) is 11.6 Å². The monoisotopic (exact) mass is 355 g/mol. The number of hydrogen-bond acceptors (Lipinski definition) is 1. The first-order valence-electron chi connectivity index (χ1n) is 4.90. The Hall–Kier alpha value is -0.360. The van der Waals surface area contributed by atoms with Crippen LogP contribution in [-0.2, 0) is 11.2 Å². The molecule has 0 aliphatic carbocycles. The Morgan fingerprint density at radius 1 is 1.50 bits per heavy atom. The quantitative estimate of drug-likeness (QED) is 0.491. The number of rotatable bonds is 5. The van der Waals surface area contributed by atoms with Crippen LogP contribution in [0.3, 0.4) is 0 Å². The van der Waals surface area contributed by atoms with E-state index in [1.165, 1.54) is 12.1 Å². The maximum absolute atomic E-state index is 13.3. The van der Waals surface area contributed by atoms with Crippen LogP contribution in [0.1, 0.15) is 12.0 Å². The maximum Gasteiger partial charge on any atom is 0.224 e. The van der Waals surface area contributed by atoms with E-state index >= 15 is 0 Å². The highest BCUT2D eigenvalue weighted by Crippen LogP contribution is 2.19. The molecule has 0 aliphatic rings. The summed E-state index contributed by atoms with van der Waals surface area (Å²) in [6.45, 7) is 0.619. The molecule has 0 unspecified atom stereocenters. The maximum atomic E-state index is 13.3. The first-order valence-corrected chi connectivity index (χ1v) is 6.81. The number of carbonyl (C=O) groups is 1. The third-order valence-electron chi connectivity index (χ3n) is 2.03. The van der Waals surface area contributed by atoms with E-state index in [4.69, 9.17) is 11.6 Å². The first-order chi connectivity index (χ1) is 7.65. The van der Waals surface area contributed by atoms with Gasteiger partial charge in [0.25, 0.3) is 0 Å². The summed E-state index contributed by atoms with van der Waals surface area (Å²) >= 11 is 8.05. The molecule has 5 heteroatoms. The van der Waals surface area contributed by atoms with Crippen LogP contribution in [0.2, 0.25) is 5.02 Å². The highest BCUT2D eigenvalue weighted by molar-refractivity contribution is 14.1. The van der Waals surface area contributed by atoms with E-state index in [1.54, 1.807) is 6.07 Å². The number of amides is 1. The number of benzene rings is 1. The van der Waals surface area contributed by atoms with Gasteiger partial charge in [-0.3, -0.25) is 4.79 Å². The molecule has 88 valence electrons. The fourth-order valence-electron chi connectivity index (χ4n) is 1.22. The van der Waals surface area contributed by atoms with Gasteiger partial charge in [-0.05, 0) is 18.6 Å². The molecule has 0 saturated carbocycles. The van der Waals surface area contributed by atoms with Crippen molar-refractivity contribution in [3.05, 3.63) is 34.6 Å². The Labute approximate surface area is 113 Å². The molecule has 1 rings (SSSR count). The first kappa shape index (κ1) is 13.7. The van der Waals surface area contributed by atoms with Crippen molar-refractivity contribution in [1.82, 2.24) is 5.32 Å². The minimum atomic E-state index is -0.434. The highest BCUT2D eigenvalue weighted by Gasteiger charge is 2.11. The molecule has 0 heterocycles. The van der Waals surface area contributed by atoms with Crippen LogP contribution in [0.15, 0.2) is 18.2 Å². The van der Waals surface area contributed by atoms with Gasteiger partial charge in [-0.25, -0.2) is 4.39 Å². The molecule has 2 nitrogen and oxygen atoms in total. The summed E-state index contributed by atoms with van der Waals surface area (Å²) in [5.74, 6) is -0.631. The van der Waals surface area contributed by atoms with Crippen LogP contribution in [0, 0.1) is 5.82 Å². The summed E-state index contributed by atoms with van der Waals surface area (Å²) in [7, 11) is 0. The van der Waals surface area contributed by atoms with Gasteiger partial charge in [0.05, 0.1) is 6.42 Å². The van der Waals surface area contributed by atoms with Crippen molar-refractivity contribution in [3.8, 4) is 0 Å². The second-order valence-corrected chi connectivity index (χ2v) is 4.76. The number of alkyl halides is 1. The predicted octanol–water partition coefficient (Wildman–Crippen LogP) is 2.96. The summed E-state index contributed by atoms with van der Waals surface area (Å²) < 4.78 is 14.3. The zero-order valence-corrected chi connectivity index (χ0v) is 11.5. The minimum Gasteiger partial charge on any atom is -0.356 e. The van der Waals surface area contributed by atoms with Crippen molar-refractivity contribution in [1.29, 1.82) is 0 Å². The van der Waals surface area contributed by atoms with E-state index < -0.39 is 5.82 Å². The van der Waals surface area contributed by atoms with Gasteiger partial charge in [-0.2, -0.15) is 0 Å². The summed E-state index contributed by atoms with van der Waals surface area (Å²) in [5.41, 5.74) is 0.260. The third kappa shape index (κ3) is 4.25. The zero-order chi connectivity index (χ0) is 12.0. The lowest BCUT2D eigenvalue weighted by Crippen LogP contribution is -2.26. The van der Waals surface area contributed by atoms with Crippen molar-refractivity contribution < 1.29 is 9.18 Å². The van der Waals surface area contributed by atoms with Gasteiger partial charge in [0.15, 0.2) is 0 Å². The average Bonchev–Trinajstić information content (AvgIpc) is 2.24. The van der Waals surface area contributed by atoms with Gasteiger partial charge >= 0.3 is 0 Å². The van der Waals surface area contributed by atoms with Gasteiger partial charge in [0.1, 0.15) is 5.82 Å². The molecule has 1 N–H and O–H groups in total. The van der Waals surface area contributed by atoms with E-state index in [0.717, 1.165) is 10.8 Å². The number of nitrogens with one attached hydrogen (secondary N) is 1. The van der Waals surface area contributed by atoms with Crippen LogP contribution < -0.4 is 5.32 Å². The third-order valence-corrected chi connectivity index (χ3v) is 3.15. The van der Waals surface area contributed by atoms with Crippen LogP contribution in [0.25, 0.3) is 0 Å².